The zero-order chi connectivity index (χ0) is 17.2. The molecule has 2 heterocycles. The molecule has 132 valence electrons. The molecule has 0 saturated carbocycles. The summed E-state index contributed by atoms with van der Waals surface area (Å²) in [4.78, 5) is 15.8. The number of phenols is 1. The highest BCUT2D eigenvalue weighted by Crippen LogP contribution is 2.26. The lowest BCUT2D eigenvalue weighted by atomic mass is 10.0. The Balaban J connectivity index is 1.42. The highest BCUT2D eigenvalue weighted by atomic mass is 16.5. The molecule has 0 bridgehead atoms. The molecule has 0 aromatic heterocycles. The van der Waals surface area contributed by atoms with Gasteiger partial charge in [-0.1, -0.05) is 30.3 Å². The Hall–Kier alpha value is -2.11. The Morgan fingerprint density at radius 3 is 2.76 bits per heavy atom. The van der Waals surface area contributed by atoms with Gasteiger partial charge < -0.3 is 19.6 Å². The molecule has 25 heavy (non-hydrogen) atoms. The van der Waals surface area contributed by atoms with E-state index in [0.29, 0.717) is 12.4 Å². The van der Waals surface area contributed by atoms with Gasteiger partial charge in [0.15, 0.2) is 0 Å². The van der Waals surface area contributed by atoms with Gasteiger partial charge in [0.2, 0.25) is 0 Å². The van der Waals surface area contributed by atoms with Crippen molar-refractivity contribution in [2.75, 3.05) is 32.8 Å². The first-order valence-electron chi connectivity index (χ1n) is 9.16. The second kappa shape index (κ2) is 7.02. The number of carbonyl (C=O) groups excluding carboxylic acids is 1. The minimum Gasteiger partial charge on any atom is -0.507 e. The van der Waals surface area contributed by atoms with Crippen molar-refractivity contribution in [2.45, 2.75) is 25.5 Å². The van der Waals surface area contributed by atoms with Crippen LogP contribution in [0.5, 0.6) is 5.75 Å². The van der Waals surface area contributed by atoms with Gasteiger partial charge in [0.05, 0.1) is 31.7 Å². The van der Waals surface area contributed by atoms with Crippen LogP contribution in [0.1, 0.15) is 18.4 Å². The number of amides is 1. The number of nitrogens with zero attached hydrogens (tertiary/aromatic N) is 1. The van der Waals surface area contributed by atoms with Gasteiger partial charge in [-0.25, -0.2) is 0 Å². The van der Waals surface area contributed by atoms with Gasteiger partial charge in [-0.15, -0.1) is 0 Å². The summed E-state index contributed by atoms with van der Waals surface area (Å²) in [6.45, 7) is 4.83. The van der Waals surface area contributed by atoms with E-state index in [2.05, 4.69) is 12.1 Å². The van der Waals surface area contributed by atoms with E-state index in [9.17, 15) is 9.90 Å². The SMILES string of the molecule is O=C([C@@H]1CCCO1)N1CC[NH+](Cc2c(O)ccc3ccccc23)CC1. The first-order chi connectivity index (χ1) is 12.2. The van der Waals surface area contributed by atoms with Crippen LogP contribution >= 0.6 is 0 Å². The molecular formula is C20H25N2O3+. The fourth-order valence-electron chi connectivity index (χ4n) is 3.96. The molecule has 2 saturated heterocycles. The van der Waals surface area contributed by atoms with Gasteiger partial charge in [-0.05, 0) is 29.7 Å². The van der Waals surface area contributed by atoms with E-state index in [4.69, 9.17) is 4.74 Å². The number of carbonyl (C=O) groups is 1. The fourth-order valence-corrected chi connectivity index (χ4v) is 3.96. The molecule has 0 aliphatic carbocycles. The number of benzene rings is 2. The molecule has 5 heteroatoms. The molecule has 2 fully saturated rings. The first kappa shape index (κ1) is 16.4. The summed E-state index contributed by atoms with van der Waals surface area (Å²) in [6.07, 6.45) is 1.63. The molecule has 5 nitrogen and oxygen atoms in total. The number of nitrogens with one attached hydrogen (secondary N) is 1. The molecular weight excluding hydrogens is 316 g/mol. The van der Waals surface area contributed by atoms with Gasteiger partial charge in [-0.3, -0.25) is 4.79 Å². The van der Waals surface area contributed by atoms with E-state index in [-0.39, 0.29) is 12.0 Å². The molecule has 2 aromatic rings. The average molecular weight is 341 g/mol. The summed E-state index contributed by atoms with van der Waals surface area (Å²) in [5.74, 6) is 0.522. The van der Waals surface area contributed by atoms with E-state index in [1.54, 1.807) is 6.07 Å². The molecule has 4 rings (SSSR count). The molecule has 0 spiro atoms. The quantitative estimate of drug-likeness (QED) is 0.874. The maximum atomic E-state index is 12.4. The van der Waals surface area contributed by atoms with Gasteiger partial charge in [0.25, 0.3) is 5.91 Å². The minimum atomic E-state index is -0.219. The van der Waals surface area contributed by atoms with E-state index in [0.717, 1.165) is 61.9 Å². The molecule has 0 radical (unpaired) electrons. The summed E-state index contributed by atoms with van der Waals surface area (Å²) < 4.78 is 5.52. The van der Waals surface area contributed by atoms with Crippen molar-refractivity contribution in [3.8, 4) is 5.75 Å². The Kier molecular flexibility index (Phi) is 4.59. The first-order valence-corrected chi connectivity index (χ1v) is 9.16. The molecule has 2 N–H and O–H groups in total. The van der Waals surface area contributed by atoms with Crippen LogP contribution in [0.25, 0.3) is 10.8 Å². The van der Waals surface area contributed by atoms with Gasteiger partial charge >= 0.3 is 0 Å². The molecule has 1 atom stereocenters. The van der Waals surface area contributed by atoms with E-state index in [1.165, 1.54) is 4.90 Å². The van der Waals surface area contributed by atoms with Crippen molar-refractivity contribution >= 4 is 16.7 Å². The van der Waals surface area contributed by atoms with Crippen molar-refractivity contribution in [3.05, 3.63) is 42.0 Å². The van der Waals surface area contributed by atoms with Crippen LogP contribution in [0.3, 0.4) is 0 Å². The highest BCUT2D eigenvalue weighted by Gasteiger charge is 2.31. The van der Waals surface area contributed by atoms with Crippen molar-refractivity contribution < 1.29 is 19.5 Å². The van der Waals surface area contributed by atoms with Crippen LogP contribution in [-0.2, 0) is 16.1 Å². The Morgan fingerprint density at radius 2 is 2.00 bits per heavy atom. The standard InChI is InChI=1S/C20H24N2O3/c23-18-8-7-15-4-1-2-5-16(15)17(18)14-21-9-11-22(12-10-21)20(24)19-6-3-13-25-19/h1-2,4-5,7-8,19,23H,3,6,9-14H2/p+1/t19-/m0/s1. The van der Waals surface area contributed by atoms with Crippen LogP contribution < -0.4 is 4.90 Å². The van der Waals surface area contributed by atoms with Crippen molar-refractivity contribution in [1.29, 1.82) is 0 Å². The number of hydrogen-bond acceptors (Lipinski definition) is 3. The molecule has 2 aliphatic heterocycles. The Bertz CT molecular complexity index is 763. The smallest absolute Gasteiger partial charge is 0.252 e. The summed E-state index contributed by atoms with van der Waals surface area (Å²) in [5, 5.41) is 12.6. The van der Waals surface area contributed by atoms with Crippen LogP contribution in [-0.4, -0.2) is 54.8 Å². The third kappa shape index (κ3) is 3.34. The molecule has 2 aliphatic rings. The Morgan fingerprint density at radius 1 is 1.20 bits per heavy atom. The number of ether oxygens (including phenoxy) is 1. The van der Waals surface area contributed by atoms with Gasteiger partial charge in [-0.2, -0.15) is 0 Å². The highest BCUT2D eigenvalue weighted by molar-refractivity contribution is 5.87. The maximum Gasteiger partial charge on any atom is 0.252 e. The van der Waals surface area contributed by atoms with E-state index in [1.807, 2.05) is 23.1 Å². The minimum absolute atomic E-state index is 0.157. The maximum absolute atomic E-state index is 12.4. The molecule has 0 unspecified atom stereocenters. The summed E-state index contributed by atoms with van der Waals surface area (Å²) in [6, 6.07) is 11.9. The van der Waals surface area contributed by atoms with E-state index >= 15 is 0 Å². The van der Waals surface area contributed by atoms with Crippen LogP contribution in [0, 0.1) is 0 Å². The normalized spacial score (nSPS) is 21.8. The largest absolute Gasteiger partial charge is 0.507 e. The topological polar surface area (TPSA) is 54.2 Å². The third-order valence-electron chi connectivity index (χ3n) is 5.43. The molecule has 2 aromatic carbocycles. The second-order valence-corrected chi connectivity index (χ2v) is 7.04. The number of piperazine rings is 1. The predicted octanol–water partition coefficient (Wildman–Crippen LogP) is 0.952. The van der Waals surface area contributed by atoms with Crippen LogP contribution in [0.15, 0.2) is 36.4 Å². The number of aromatic hydroxyl groups is 1. The monoisotopic (exact) mass is 341 g/mol. The number of rotatable bonds is 3. The number of fused-ring (bicyclic) bond motifs is 1. The molecule has 1 amide bonds. The zero-order valence-corrected chi connectivity index (χ0v) is 14.4. The van der Waals surface area contributed by atoms with Gasteiger partial charge in [0, 0.05) is 6.61 Å². The lowest BCUT2D eigenvalue weighted by Crippen LogP contribution is -3.13. The second-order valence-electron chi connectivity index (χ2n) is 7.04. The number of phenolic OH excluding ortho intramolecular Hbond substituents is 1. The summed E-state index contributed by atoms with van der Waals surface area (Å²) >= 11 is 0. The average Bonchev–Trinajstić information content (AvgIpc) is 3.19. The number of hydrogen-bond donors (Lipinski definition) is 2. The van der Waals surface area contributed by atoms with Crippen LogP contribution in [0.4, 0.5) is 0 Å². The lowest BCUT2D eigenvalue weighted by molar-refractivity contribution is -0.917. The zero-order valence-electron chi connectivity index (χ0n) is 14.4. The van der Waals surface area contributed by atoms with Crippen molar-refractivity contribution in [3.63, 3.8) is 0 Å². The third-order valence-corrected chi connectivity index (χ3v) is 5.43. The predicted molar refractivity (Wildman–Crippen MR) is 95.6 cm³/mol. The Labute approximate surface area is 147 Å². The van der Waals surface area contributed by atoms with Gasteiger partial charge in [0.1, 0.15) is 18.4 Å². The van der Waals surface area contributed by atoms with Crippen molar-refractivity contribution in [1.82, 2.24) is 4.90 Å². The van der Waals surface area contributed by atoms with Crippen LogP contribution in [0.2, 0.25) is 0 Å². The fraction of sp³-hybridized carbons (Fsp3) is 0.450. The summed E-state index contributed by atoms with van der Waals surface area (Å²) in [7, 11) is 0. The van der Waals surface area contributed by atoms with E-state index < -0.39 is 0 Å². The number of quaternary nitrogens is 1. The summed E-state index contributed by atoms with van der Waals surface area (Å²) in [5.41, 5.74) is 1.01. The lowest BCUT2D eigenvalue weighted by Gasteiger charge is -2.33. The van der Waals surface area contributed by atoms with Crippen molar-refractivity contribution in [2.24, 2.45) is 0 Å².